The highest BCUT2D eigenvalue weighted by Gasteiger charge is 2.13. The Hall–Kier alpha value is -2.21. The molecule has 0 aliphatic heterocycles. The van der Waals surface area contributed by atoms with Crippen LogP contribution in [0.1, 0.15) is 16.2 Å². The predicted molar refractivity (Wildman–Crippen MR) is 69.4 cm³/mol. The first-order valence-electron chi connectivity index (χ1n) is 5.43. The van der Waals surface area contributed by atoms with Gasteiger partial charge < -0.3 is 5.32 Å². The minimum atomic E-state index is -0.194. The number of benzene rings is 1. The van der Waals surface area contributed by atoms with Crippen LogP contribution in [0.15, 0.2) is 35.2 Å². The monoisotopic (exact) mass is 258 g/mol. The van der Waals surface area contributed by atoms with Gasteiger partial charge in [0.1, 0.15) is 0 Å². The highest BCUT2D eigenvalue weighted by molar-refractivity contribution is 7.07. The number of para-hydroxylation sites is 1. The van der Waals surface area contributed by atoms with Crippen LogP contribution in [0.3, 0.4) is 0 Å². The number of rotatable bonds is 3. The van der Waals surface area contributed by atoms with E-state index in [9.17, 15) is 4.79 Å². The molecule has 0 spiro atoms. The van der Waals surface area contributed by atoms with E-state index >= 15 is 0 Å². The van der Waals surface area contributed by atoms with Crippen LogP contribution in [0.4, 0.5) is 0 Å². The van der Waals surface area contributed by atoms with Crippen LogP contribution in [0.2, 0.25) is 0 Å². The number of aromatic nitrogens is 3. The number of amides is 1. The van der Waals surface area contributed by atoms with Crippen LogP contribution < -0.4 is 5.32 Å². The molecule has 1 aromatic carbocycles. The first kappa shape index (κ1) is 10.9. The van der Waals surface area contributed by atoms with Crippen molar-refractivity contribution in [1.82, 2.24) is 20.5 Å². The van der Waals surface area contributed by atoms with E-state index in [1.165, 1.54) is 11.3 Å². The number of aromatic amines is 1. The second kappa shape index (κ2) is 4.58. The maximum Gasteiger partial charge on any atom is 0.272 e. The molecule has 0 aliphatic carbocycles. The van der Waals surface area contributed by atoms with Crippen molar-refractivity contribution in [3.63, 3.8) is 0 Å². The zero-order valence-corrected chi connectivity index (χ0v) is 10.2. The maximum atomic E-state index is 12.0. The molecule has 18 heavy (non-hydrogen) atoms. The lowest BCUT2D eigenvalue weighted by Crippen LogP contribution is -2.23. The van der Waals surface area contributed by atoms with Crippen LogP contribution in [0.5, 0.6) is 0 Å². The molecule has 90 valence electrons. The zero-order chi connectivity index (χ0) is 12.4. The number of carbonyl (C=O) groups excluding carboxylic acids is 1. The molecular weight excluding hydrogens is 248 g/mol. The van der Waals surface area contributed by atoms with Crippen molar-refractivity contribution in [2.75, 3.05) is 0 Å². The van der Waals surface area contributed by atoms with Crippen LogP contribution in [-0.2, 0) is 6.54 Å². The number of fused-ring (bicyclic) bond motifs is 1. The van der Waals surface area contributed by atoms with Gasteiger partial charge in [0, 0.05) is 10.8 Å². The lowest BCUT2D eigenvalue weighted by Gasteiger charge is -2.00. The Morgan fingerprint density at radius 1 is 1.39 bits per heavy atom. The molecule has 0 bridgehead atoms. The van der Waals surface area contributed by atoms with Crippen molar-refractivity contribution < 1.29 is 4.79 Å². The van der Waals surface area contributed by atoms with E-state index in [-0.39, 0.29) is 5.91 Å². The summed E-state index contributed by atoms with van der Waals surface area (Å²) in [5, 5.41) is 12.4. The van der Waals surface area contributed by atoms with E-state index in [0.29, 0.717) is 12.2 Å². The standard InChI is InChI=1S/C12H10N4OS/c17-12(13-5-8-6-18-7-14-8)11-9-3-1-2-4-10(9)15-16-11/h1-4,6-7H,5H2,(H,13,17)(H,15,16). The lowest BCUT2D eigenvalue weighted by atomic mass is 10.2. The van der Waals surface area contributed by atoms with Crippen LogP contribution >= 0.6 is 11.3 Å². The second-order valence-corrected chi connectivity index (χ2v) is 4.50. The van der Waals surface area contributed by atoms with Crippen molar-refractivity contribution in [2.24, 2.45) is 0 Å². The largest absolute Gasteiger partial charge is 0.345 e. The molecule has 2 aromatic heterocycles. The first-order chi connectivity index (χ1) is 8.84. The molecular formula is C12H10N4OS. The van der Waals surface area contributed by atoms with Crippen LogP contribution in [0.25, 0.3) is 10.9 Å². The van der Waals surface area contributed by atoms with E-state index in [4.69, 9.17) is 0 Å². The summed E-state index contributed by atoms with van der Waals surface area (Å²) in [6.07, 6.45) is 0. The van der Waals surface area contributed by atoms with Crippen molar-refractivity contribution in [3.05, 3.63) is 46.5 Å². The molecule has 0 fully saturated rings. The van der Waals surface area contributed by atoms with Gasteiger partial charge >= 0.3 is 0 Å². The van der Waals surface area contributed by atoms with Gasteiger partial charge in [-0.15, -0.1) is 11.3 Å². The molecule has 2 heterocycles. The quantitative estimate of drug-likeness (QED) is 0.754. The minimum Gasteiger partial charge on any atom is -0.345 e. The molecule has 0 unspecified atom stereocenters. The van der Waals surface area contributed by atoms with Gasteiger partial charge in [-0.2, -0.15) is 5.10 Å². The van der Waals surface area contributed by atoms with Crippen LogP contribution in [0, 0.1) is 0 Å². The van der Waals surface area contributed by atoms with Gasteiger partial charge in [0.15, 0.2) is 5.69 Å². The van der Waals surface area contributed by atoms with Gasteiger partial charge in [-0.05, 0) is 6.07 Å². The molecule has 0 radical (unpaired) electrons. The average molecular weight is 258 g/mol. The van der Waals surface area contributed by atoms with E-state index < -0.39 is 0 Å². The third-order valence-electron chi connectivity index (χ3n) is 2.60. The van der Waals surface area contributed by atoms with E-state index in [1.807, 2.05) is 29.6 Å². The Morgan fingerprint density at radius 2 is 2.28 bits per heavy atom. The number of nitrogens with zero attached hydrogens (tertiary/aromatic N) is 2. The molecule has 6 heteroatoms. The third kappa shape index (κ3) is 1.98. The SMILES string of the molecule is O=C(NCc1cscn1)c1n[nH]c2ccccc12. The molecule has 5 nitrogen and oxygen atoms in total. The lowest BCUT2D eigenvalue weighted by molar-refractivity contribution is 0.0947. The normalized spacial score (nSPS) is 10.7. The van der Waals surface area contributed by atoms with Gasteiger partial charge in [-0.25, -0.2) is 4.98 Å². The second-order valence-electron chi connectivity index (χ2n) is 3.78. The molecule has 3 aromatic rings. The summed E-state index contributed by atoms with van der Waals surface area (Å²) >= 11 is 1.51. The van der Waals surface area contributed by atoms with E-state index in [0.717, 1.165) is 16.6 Å². The van der Waals surface area contributed by atoms with Crippen molar-refractivity contribution in [1.29, 1.82) is 0 Å². The molecule has 3 rings (SSSR count). The summed E-state index contributed by atoms with van der Waals surface area (Å²) in [6, 6.07) is 7.54. The summed E-state index contributed by atoms with van der Waals surface area (Å²) in [7, 11) is 0. The first-order valence-corrected chi connectivity index (χ1v) is 6.37. The number of hydrogen-bond donors (Lipinski definition) is 2. The van der Waals surface area contributed by atoms with Gasteiger partial charge in [0.25, 0.3) is 5.91 Å². The third-order valence-corrected chi connectivity index (χ3v) is 3.23. The Kier molecular flexibility index (Phi) is 2.77. The maximum absolute atomic E-state index is 12.0. The fourth-order valence-electron chi connectivity index (χ4n) is 1.72. The number of carbonyl (C=O) groups is 1. The Bertz CT molecular complexity index is 674. The predicted octanol–water partition coefficient (Wildman–Crippen LogP) is 1.95. The molecule has 0 aliphatic rings. The fraction of sp³-hybridized carbons (Fsp3) is 0.0833. The number of thiazole rings is 1. The van der Waals surface area contributed by atoms with Gasteiger partial charge in [-0.3, -0.25) is 9.89 Å². The smallest absolute Gasteiger partial charge is 0.272 e. The summed E-state index contributed by atoms with van der Waals surface area (Å²) < 4.78 is 0. The molecule has 1 amide bonds. The average Bonchev–Trinajstić information content (AvgIpc) is 3.05. The van der Waals surface area contributed by atoms with E-state index in [2.05, 4.69) is 20.5 Å². The van der Waals surface area contributed by atoms with Crippen molar-refractivity contribution in [3.8, 4) is 0 Å². The number of nitrogens with one attached hydrogen (secondary N) is 2. The summed E-state index contributed by atoms with van der Waals surface area (Å²) in [5.74, 6) is -0.194. The van der Waals surface area contributed by atoms with Gasteiger partial charge in [0.05, 0.1) is 23.3 Å². The number of H-pyrrole nitrogens is 1. The minimum absolute atomic E-state index is 0.194. The Morgan fingerprint density at radius 3 is 3.11 bits per heavy atom. The van der Waals surface area contributed by atoms with Crippen LogP contribution in [-0.4, -0.2) is 21.1 Å². The molecule has 2 N–H and O–H groups in total. The van der Waals surface area contributed by atoms with E-state index in [1.54, 1.807) is 5.51 Å². The van der Waals surface area contributed by atoms with Gasteiger partial charge in [0.2, 0.25) is 0 Å². The topological polar surface area (TPSA) is 70.7 Å². The molecule has 0 atom stereocenters. The highest BCUT2D eigenvalue weighted by atomic mass is 32.1. The Balaban J connectivity index is 1.80. The van der Waals surface area contributed by atoms with Crippen molar-refractivity contribution >= 4 is 28.1 Å². The van der Waals surface area contributed by atoms with Gasteiger partial charge in [-0.1, -0.05) is 18.2 Å². The summed E-state index contributed by atoms with van der Waals surface area (Å²) in [5.41, 5.74) is 3.87. The number of hydrogen-bond acceptors (Lipinski definition) is 4. The Labute approximate surface area is 107 Å². The summed E-state index contributed by atoms with van der Waals surface area (Å²) in [6.45, 7) is 0.420. The molecule has 0 saturated carbocycles. The zero-order valence-electron chi connectivity index (χ0n) is 9.38. The van der Waals surface area contributed by atoms with Crippen molar-refractivity contribution in [2.45, 2.75) is 6.54 Å². The molecule has 0 saturated heterocycles. The fourth-order valence-corrected chi connectivity index (χ4v) is 2.27. The summed E-state index contributed by atoms with van der Waals surface area (Å²) in [4.78, 5) is 16.1. The highest BCUT2D eigenvalue weighted by Crippen LogP contribution is 2.14.